The highest BCUT2D eigenvalue weighted by Gasteiger charge is 2.64. The Bertz CT molecular complexity index is 1180. The van der Waals surface area contributed by atoms with Crippen LogP contribution in [0.15, 0.2) is 29.3 Å². The number of rotatable bonds is 2. The number of nitrogens with two attached hydrogens (primary N) is 1. The normalized spacial score (nSPS) is 36.3. The predicted octanol–water partition coefficient (Wildman–Crippen LogP) is 1.91. The summed E-state index contributed by atoms with van der Waals surface area (Å²) in [7, 11) is 1.38. The first kappa shape index (κ1) is 21.8. The number of Topliss-reactive ketones (excluding diaryl/α,β-unsaturated/α-hetero) is 2. The standard InChI is InChI=1S/C24H24N2O7/c1-5-24-9-12-15(14(10-24)32-23(2,3)33-24)20(26(29)30)18-17(19(12)25)21(27)11-7-6-8-13(31-4)16(11)22(18)28/h1,6-8,12,14-15,19-20H,9-10,25H2,2-4H3/t12?,14-,15?,19?,20?,24-/m0/s1. The van der Waals surface area contributed by atoms with Gasteiger partial charge in [-0.1, -0.05) is 18.1 Å². The lowest BCUT2D eigenvalue weighted by Gasteiger charge is -2.57. The quantitative estimate of drug-likeness (QED) is 0.409. The van der Waals surface area contributed by atoms with Crippen molar-refractivity contribution < 1.29 is 28.7 Å². The van der Waals surface area contributed by atoms with Gasteiger partial charge in [0.25, 0.3) is 0 Å². The Morgan fingerprint density at radius 2 is 1.97 bits per heavy atom. The van der Waals surface area contributed by atoms with E-state index in [9.17, 15) is 19.7 Å². The lowest BCUT2D eigenvalue weighted by atomic mass is 9.56. The molecule has 1 heterocycles. The number of methoxy groups -OCH3 is 1. The van der Waals surface area contributed by atoms with Crippen LogP contribution in [0.25, 0.3) is 0 Å². The van der Waals surface area contributed by atoms with Crippen molar-refractivity contribution in [2.24, 2.45) is 17.6 Å². The number of benzene rings is 1. The number of hydrogen-bond donors (Lipinski definition) is 1. The summed E-state index contributed by atoms with van der Waals surface area (Å²) in [6.07, 6.45) is 5.66. The first-order chi connectivity index (χ1) is 15.5. The topological polar surface area (TPSA) is 131 Å². The molecule has 4 unspecified atom stereocenters. The summed E-state index contributed by atoms with van der Waals surface area (Å²) in [5.74, 6) is -0.585. The lowest BCUT2D eigenvalue weighted by molar-refractivity contribution is -0.532. The molecule has 0 spiro atoms. The molecule has 2 N–H and O–H groups in total. The number of terminal acetylenes is 1. The van der Waals surface area contributed by atoms with Gasteiger partial charge in [0, 0.05) is 28.5 Å². The number of ketones is 2. The summed E-state index contributed by atoms with van der Waals surface area (Å²) < 4.78 is 17.5. The highest BCUT2D eigenvalue weighted by molar-refractivity contribution is 6.29. The van der Waals surface area contributed by atoms with Gasteiger partial charge < -0.3 is 19.9 Å². The molecule has 9 nitrogen and oxygen atoms in total. The van der Waals surface area contributed by atoms with E-state index in [1.165, 1.54) is 13.2 Å². The molecule has 1 saturated carbocycles. The van der Waals surface area contributed by atoms with Crippen LogP contribution in [0.5, 0.6) is 5.75 Å². The summed E-state index contributed by atoms with van der Waals surface area (Å²) in [6.45, 7) is 3.41. The van der Waals surface area contributed by atoms with Crippen LogP contribution in [-0.4, -0.2) is 53.2 Å². The Kier molecular flexibility index (Phi) is 4.60. The maximum atomic E-state index is 13.7. The average Bonchev–Trinajstić information content (AvgIpc) is 2.76. The molecule has 172 valence electrons. The van der Waals surface area contributed by atoms with Crippen LogP contribution in [0.4, 0.5) is 0 Å². The third kappa shape index (κ3) is 2.91. The lowest BCUT2D eigenvalue weighted by Crippen LogP contribution is -2.67. The molecule has 2 bridgehead atoms. The van der Waals surface area contributed by atoms with Gasteiger partial charge in [-0.15, -0.1) is 6.42 Å². The number of nitro groups is 1. The highest BCUT2D eigenvalue weighted by atomic mass is 16.7. The number of nitrogens with zero attached hydrogens (tertiary/aromatic N) is 1. The van der Waals surface area contributed by atoms with E-state index in [1.54, 1.807) is 26.0 Å². The molecule has 0 amide bonds. The number of carbonyl (C=O) groups is 2. The molecule has 9 heteroatoms. The van der Waals surface area contributed by atoms with Gasteiger partial charge in [0.1, 0.15) is 11.4 Å². The predicted molar refractivity (Wildman–Crippen MR) is 115 cm³/mol. The number of carbonyl (C=O) groups excluding carboxylic acids is 2. The summed E-state index contributed by atoms with van der Waals surface area (Å²) in [5, 5.41) is 12.5. The van der Waals surface area contributed by atoms with E-state index in [2.05, 4.69) is 5.92 Å². The zero-order valence-electron chi connectivity index (χ0n) is 18.5. The van der Waals surface area contributed by atoms with Gasteiger partial charge in [-0.25, -0.2) is 0 Å². The highest BCUT2D eigenvalue weighted by Crippen LogP contribution is 2.54. The van der Waals surface area contributed by atoms with Crippen LogP contribution in [0.3, 0.4) is 0 Å². The van der Waals surface area contributed by atoms with E-state index < -0.39 is 57.9 Å². The second-order valence-electron chi connectivity index (χ2n) is 9.57. The molecule has 2 fully saturated rings. The van der Waals surface area contributed by atoms with Crippen molar-refractivity contribution >= 4 is 11.6 Å². The van der Waals surface area contributed by atoms with E-state index in [0.717, 1.165) is 0 Å². The van der Waals surface area contributed by atoms with E-state index in [1.807, 2.05) is 0 Å². The molecule has 33 heavy (non-hydrogen) atoms. The first-order valence-electron chi connectivity index (χ1n) is 10.8. The van der Waals surface area contributed by atoms with Crippen molar-refractivity contribution in [3.63, 3.8) is 0 Å². The van der Waals surface area contributed by atoms with E-state index in [4.69, 9.17) is 26.4 Å². The monoisotopic (exact) mass is 452 g/mol. The zero-order valence-corrected chi connectivity index (χ0v) is 18.5. The number of ether oxygens (including phenoxy) is 3. The third-order valence-corrected chi connectivity index (χ3v) is 7.34. The van der Waals surface area contributed by atoms with Crippen molar-refractivity contribution in [3.05, 3.63) is 50.6 Å². The molecule has 3 aliphatic carbocycles. The smallest absolute Gasteiger partial charge is 0.247 e. The van der Waals surface area contributed by atoms with Gasteiger partial charge >= 0.3 is 0 Å². The fourth-order valence-electron chi connectivity index (χ4n) is 6.28. The van der Waals surface area contributed by atoms with E-state index >= 15 is 0 Å². The van der Waals surface area contributed by atoms with Crippen LogP contribution < -0.4 is 10.5 Å². The number of hydrogen-bond acceptors (Lipinski definition) is 8. The summed E-state index contributed by atoms with van der Waals surface area (Å²) >= 11 is 0. The number of fused-ring (bicyclic) bond motifs is 5. The molecular weight excluding hydrogens is 428 g/mol. The Morgan fingerprint density at radius 1 is 1.24 bits per heavy atom. The Labute approximate surface area is 190 Å². The third-order valence-electron chi connectivity index (χ3n) is 7.34. The van der Waals surface area contributed by atoms with Gasteiger partial charge in [0.05, 0.1) is 30.3 Å². The summed E-state index contributed by atoms with van der Waals surface area (Å²) in [6, 6.07) is 2.26. The maximum absolute atomic E-state index is 13.7. The van der Waals surface area contributed by atoms with Crippen molar-refractivity contribution in [3.8, 4) is 18.1 Å². The second-order valence-corrected chi connectivity index (χ2v) is 9.57. The zero-order chi connectivity index (χ0) is 23.9. The van der Waals surface area contributed by atoms with Gasteiger partial charge in [0.15, 0.2) is 11.6 Å². The minimum Gasteiger partial charge on any atom is -0.496 e. The first-order valence-corrected chi connectivity index (χ1v) is 10.8. The maximum Gasteiger partial charge on any atom is 0.247 e. The van der Waals surface area contributed by atoms with Crippen LogP contribution in [0, 0.1) is 34.3 Å². The molecule has 4 aliphatic rings. The molecule has 1 aromatic carbocycles. The summed E-state index contributed by atoms with van der Waals surface area (Å²) in [5.41, 5.74) is 5.56. The molecular formula is C24H24N2O7. The van der Waals surface area contributed by atoms with Crippen LogP contribution >= 0.6 is 0 Å². The van der Waals surface area contributed by atoms with E-state index in [-0.39, 0.29) is 40.9 Å². The molecule has 1 aliphatic heterocycles. The van der Waals surface area contributed by atoms with Gasteiger partial charge in [0.2, 0.25) is 11.8 Å². The SMILES string of the molecule is C#C[C@]12CC3C(N)C4=C(C(=O)c5c(OC)cccc5C4=O)C([N+](=O)[O-])C3[C@H](C1)OC(C)(C)O2. The van der Waals surface area contributed by atoms with Crippen molar-refractivity contribution in [2.45, 2.75) is 56.3 Å². The van der Waals surface area contributed by atoms with Crippen LogP contribution in [0.1, 0.15) is 47.4 Å². The Morgan fingerprint density at radius 3 is 2.61 bits per heavy atom. The average molecular weight is 452 g/mol. The van der Waals surface area contributed by atoms with Gasteiger partial charge in [-0.3, -0.25) is 19.7 Å². The molecule has 0 aromatic heterocycles. The Balaban J connectivity index is 1.72. The Hall–Kier alpha value is -3.06. The fraction of sp³-hybridized carbons (Fsp3) is 0.500. The molecule has 1 saturated heterocycles. The molecule has 6 atom stereocenters. The van der Waals surface area contributed by atoms with Crippen LogP contribution in [0.2, 0.25) is 0 Å². The van der Waals surface area contributed by atoms with E-state index in [0.29, 0.717) is 0 Å². The minimum atomic E-state index is -1.46. The van der Waals surface area contributed by atoms with Crippen molar-refractivity contribution in [1.82, 2.24) is 0 Å². The van der Waals surface area contributed by atoms with Crippen molar-refractivity contribution in [2.75, 3.05) is 7.11 Å². The van der Waals surface area contributed by atoms with Gasteiger partial charge in [-0.2, -0.15) is 0 Å². The summed E-state index contributed by atoms with van der Waals surface area (Å²) in [4.78, 5) is 39.2. The molecule has 5 rings (SSSR count). The van der Waals surface area contributed by atoms with Crippen molar-refractivity contribution in [1.29, 1.82) is 0 Å². The minimum absolute atomic E-state index is 0.0184. The van der Waals surface area contributed by atoms with Gasteiger partial charge in [-0.05, 0) is 32.3 Å². The molecule has 0 radical (unpaired) electrons. The fourth-order valence-corrected chi connectivity index (χ4v) is 6.28. The second kappa shape index (κ2) is 6.97. The largest absolute Gasteiger partial charge is 0.496 e. The van der Waals surface area contributed by atoms with Crippen LogP contribution in [-0.2, 0) is 9.47 Å². The molecule has 1 aromatic rings.